The Bertz CT molecular complexity index is 2240. The van der Waals surface area contributed by atoms with Gasteiger partial charge in [-0.15, -0.1) is 0 Å². The molecule has 60 heavy (non-hydrogen) atoms. The average Bonchev–Trinajstić information content (AvgIpc) is 3.48. The highest BCUT2D eigenvalue weighted by molar-refractivity contribution is 6.23. The molecule has 3 aliphatic heterocycles. The summed E-state index contributed by atoms with van der Waals surface area (Å²) in [7, 11) is 1.43. The number of methoxy groups -OCH3 is 1. The number of amides is 1. The molecule has 322 valence electrons. The Labute approximate surface area is 349 Å². The molecule has 15 heteroatoms. The van der Waals surface area contributed by atoms with Crippen LogP contribution in [-0.4, -0.2) is 86.7 Å². The van der Waals surface area contributed by atoms with Crippen molar-refractivity contribution in [1.82, 2.24) is 5.43 Å². The van der Waals surface area contributed by atoms with Crippen LogP contribution in [0.25, 0.3) is 10.8 Å². The van der Waals surface area contributed by atoms with Crippen molar-refractivity contribution in [2.75, 3.05) is 12.4 Å². The Morgan fingerprint density at radius 1 is 0.950 bits per heavy atom. The highest BCUT2D eigenvalue weighted by Gasteiger charge is 2.50. The van der Waals surface area contributed by atoms with Crippen molar-refractivity contribution in [2.45, 2.75) is 92.1 Å². The minimum absolute atomic E-state index is 0.0394. The highest BCUT2D eigenvalue weighted by Crippen LogP contribution is 2.55. The van der Waals surface area contributed by atoms with Crippen LogP contribution in [0.1, 0.15) is 75.5 Å². The second kappa shape index (κ2) is 18.6. The number of nitrogens with zero attached hydrogens (tertiary/aromatic N) is 1. The van der Waals surface area contributed by atoms with Gasteiger partial charge in [0.05, 0.1) is 59.5 Å². The number of hydrazone groups is 1. The van der Waals surface area contributed by atoms with E-state index in [4.69, 9.17) is 18.9 Å². The van der Waals surface area contributed by atoms with E-state index in [1.54, 1.807) is 39.8 Å². The van der Waals surface area contributed by atoms with Crippen molar-refractivity contribution in [2.24, 2.45) is 28.8 Å². The van der Waals surface area contributed by atoms with Gasteiger partial charge in [0.1, 0.15) is 23.4 Å². The number of nitrogens with one attached hydrogen (secondary N) is 2. The smallest absolute Gasteiger partial charge is 0.312 e. The first kappa shape index (κ1) is 45.2. The molecule has 9 atom stereocenters. The monoisotopic (exact) mass is 829 g/mol. The Morgan fingerprint density at radius 2 is 1.63 bits per heavy atom. The number of allylic oxidation sites excluding steroid dienone is 2. The molecule has 3 aromatic rings. The zero-order chi connectivity index (χ0) is 44.2. The summed E-state index contributed by atoms with van der Waals surface area (Å²) in [6.07, 6.45) is 4.65. The molecular formula is C45H55N3O12. The van der Waals surface area contributed by atoms with Crippen LogP contribution >= 0.6 is 0 Å². The average molecular weight is 830 g/mol. The van der Waals surface area contributed by atoms with Crippen molar-refractivity contribution in [1.29, 1.82) is 0 Å². The number of benzene rings is 3. The van der Waals surface area contributed by atoms with Crippen LogP contribution < -0.4 is 15.5 Å². The zero-order valence-electron chi connectivity index (χ0n) is 35.2. The molecule has 3 aliphatic rings. The lowest BCUT2D eigenvalue weighted by Crippen LogP contribution is -2.46. The first-order valence-electron chi connectivity index (χ1n) is 19.7. The minimum Gasteiger partial charge on any atom is -0.507 e. The maximum Gasteiger partial charge on any atom is 0.312 e. The summed E-state index contributed by atoms with van der Waals surface area (Å²) in [5.74, 6) is -8.56. The van der Waals surface area contributed by atoms with E-state index in [-0.39, 0.29) is 51.0 Å². The fourth-order valence-corrected chi connectivity index (χ4v) is 7.72. The number of rotatable bonds is 6. The summed E-state index contributed by atoms with van der Waals surface area (Å²) in [6, 6.07) is 9.34. The Hall–Kier alpha value is -5.90. The predicted octanol–water partition coefficient (Wildman–Crippen LogP) is 5.88. The Kier molecular flexibility index (Phi) is 14.0. The number of anilines is 1. The number of ketones is 1. The van der Waals surface area contributed by atoms with E-state index in [1.165, 1.54) is 59.4 Å². The number of aromatic hydroxyl groups is 3. The molecule has 15 nitrogen and oxygen atoms in total. The summed E-state index contributed by atoms with van der Waals surface area (Å²) >= 11 is 0. The number of fused-ring (bicyclic) bond motifs is 14. The Morgan fingerprint density at radius 3 is 2.28 bits per heavy atom. The van der Waals surface area contributed by atoms with Crippen molar-refractivity contribution >= 4 is 40.3 Å². The van der Waals surface area contributed by atoms with Crippen molar-refractivity contribution in [3.05, 3.63) is 88.7 Å². The number of hydrogen-bond donors (Lipinski definition) is 7. The standard InChI is InChI=1S/C45H55N3O12/c1-22-14-13-15-23(2)44(56)48-35-30(21-47-46-20-29-16-11-10-12-17-29)39(53)32-33(40(35)54)38(52)27(6)42-34(32)43(55)45(8,60-42)58-19-18-31(57-9)24(3)41(59-28(7)49)26(5)37(51)25(4)36(22)50/h10-19,21-22,24-26,31,36-37,41,46,50-54H,20H2,1-9H3,(H,48,56)/b14-13-,19-18-,23-15-,47-21-. The maximum atomic E-state index is 14.4. The van der Waals surface area contributed by atoms with Gasteiger partial charge in [-0.1, -0.05) is 76.3 Å². The third-order valence-corrected chi connectivity index (χ3v) is 11.4. The van der Waals surface area contributed by atoms with Crippen molar-refractivity contribution in [3.63, 3.8) is 0 Å². The highest BCUT2D eigenvalue weighted by atomic mass is 16.7. The molecule has 0 fully saturated rings. The minimum atomic E-state index is -2.06. The van der Waals surface area contributed by atoms with Gasteiger partial charge in [0.2, 0.25) is 0 Å². The van der Waals surface area contributed by atoms with E-state index < -0.39 is 88.8 Å². The molecule has 0 aliphatic carbocycles. The molecule has 3 heterocycles. The molecule has 9 unspecified atom stereocenters. The van der Waals surface area contributed by atoms with Gasteiger partial charge in [0.15, 0.2) is 5.75 Å². The normalized spacial score (nSPS) is 29.7. The summed E-state index contributed by atoms with van der Waals surface area (Å²) in [6.45, 7) is 12.7. The fraction of sp³-hybridized carbons (Fsp3) is 0.422. The van der Waals surface area contributed by atoms with E-state index in [0.717, 1.165) is 5.56 Å². The number of carbonyl (C=O) groups is 3. The van der Waals surface area contributed by atoms with Gasteiger partial charge >= 0.3 is 11.8 Å². The third kappa shape index (κ3) is 8.98. The molecule has 7 N–H and O–H groups in total. The van der Waals surface area contributed by atoms with Crippen LogP contribution in [0.2, 0.25) is 0 Å². The van der Waals surface area contributed by atoms with Gasteiger partial charge in [-0.05, 0) is 25.5 Å². The number of Topliss-reactive ketones (excluding diaryl/α,β-unsaturated/α-hetero) is 1. The van der Waals surface area contributed by atoms with E-state index >= 15 is 0 Å². The van der Waals surface area contributed by atoms with Gasteiger partial charge in [-0.2, -0.15) is 5.10 Å². The van der Waals surface area contributed by atoms with Crippen LogP contribution in [0.15, 0.2) is 71.6 Å². The molecule has 0 aromatic heterocycles. The molecule has 0 saturated heterocycles. The summed E-state index contributed by atoms with van der Waals surface area (Å²) in [5.41, 5.74) is 3.25. The van der Waals surface area contributed by atoms with E-state index in [0.29, 0.717) is 0 Å². The fourth-order valence-electron chi connectivity index (χ4n) is 7.72. The van der Waals surface area contributed by atoms with Gasteiger partial charge < -0.3 is 55.2 Å². The van der Waals surface area contributed by atoms with Crippen LogP contribution in [-0.2, 0) is 30.3 Å². The largest absolute Gasteiger partial charge is 0.507 e. The molecule has 1 amide bonds. The van der Waals surface area contributed by atoms with Gasteiger partial charge in [-0.25, -0.2) is 0 Å². The SMILES string of the molecule is COC1/C=C\OC2(C)Oc3c(C)c(O)c4c(O)c(c(/C=N\NCc5ccccc5)c(O)c4c3C2=O)NC(=O)/C(C)=C\C=C/C(C)C(O)C(C)C(O)C(C)C(OC(C)=O)C1C. The third-order valence-electron chi connectivity index (χ3n) is 11.4. The quantitative estimate of drug-likeness (QED) is 0.0508. The second-order valence-corrected chi connectivity index (χ2v) is 15.7. The first-order chi connectivity index (χ1) is 28.3. The number of aliphatic hydroxyl groups is 2. The number of hydrogen-bond acceptors (Lipinski definition) is 14. The number of carbonyl (C=O) groups excluding carboxylic acids is 3. The van der Waals surface area contributed by atoms with E-state index in [1.807, 2.05) is 30.3 Å². The summed E-state index contributed by atoms with van der Waals surface area (Å²) in [5, 5.41) is 64.6. The molecular weight excluding hydrogens is 775 g/mol. The molecule has 3 aromatic carbocycles. The van der Waals surface area contributed by atoms with Crippen LogP contribution in [0, 0.1) is 30.6 Å². The van der Waals surface area contributed by atoms with E-state index in [9.17, 15) is 39.9 Å². The summed E-state index contributed by atoms with van der Waals surface area (Å²) in [4.78, 5) is 40.5. The number of esters is 1. The number of phenols is 3. The van der Waals surface area contributed by atoms with Gasteiger partial charge in [-0.3, -0.25) is 14.4 Å². The zero-order valence-corrected chi connectivity index (χ0v) is 35.2. The first-order valence-corrected chi connectivity index (χ1v) is 19.7. The predicted molar refractivity (Wildman–Crippen MR) is 225 cm³/mol. The Balaban J connectivity index is 1.69. The van der Waals surface area contributed by atoms with Crippen LogP contribution in [0.4, 0.5) is 5.69 Å². The topological polar surface area (TPSA) is 226 Å². The summed E-state index contributed by atoms with van der Waals surface area (Å²) < 4.78 is 23.6. The second-order valence-electron chi connectivity index (χ2n) is 15.7. The molecule has 5 bridgehead atoms. The lowest BCUT2D eigenvalue weighted by molar-refractivity contribution is -0.160. The lowest BCUT2D eigenvalue weighted by Gasteiger charge is -2.38. The number of phenolic OH excluding ortho intramolecular Hbond substituents is 3. The molecule has 6 rings (SSSR count). The van der Waals surface area contributed by atoms with Crippen molar-refractivity contribution in [3.8, 4) is 23.0 Å². The lowest BCUT2D eigenvalue weighted by atomic mass is 9.78. The maximum absolute atomic E-state index is 14.4. The molecule has 0 saturated carbocycles. The number of aliphatic hydroxyl groups excluding tert-OH is 2. The van der Waals surface area contributed by atoms with Gasteiger partial charge in [0.25, 0.3) is 11.7 Å². The van der Waals surface area contributed by atoms with Crippen molar-refractivity contribution < 1.29 is 58.9 Å². The van der Waals surface area contributed by atoms with E-state index in [2.05, 4.69) is 15.8 Å². The molecule has 0 radical (unpaired) electrons. The van der Waals surface area contributed by atoms with Crippen LogP contribution in [0.3, 0.4) is 0 Å². The number of ether oxygens (including phenoxy) is 4. The van der Waals surface area contributed by atoms with Gasteiger partial charge in [0, 0.05) is 61.2 Å². The molecule has 0 spiro atoms. The van der Waals surface area contributed by atoms with Crippen LogP contribution in [0.5, 0.6) is 23.0 Å².